The van der Waals surface area contributed by atoms with Gasteiger partial charge in [-0.1, -0.05) is 0 Å². The Labute approximate surface area is 183 Å². The lowest BCUT2D eigenvalue weighted by Crippen LogP contribution is -2.53. The molecule has 3 aromatic rings. The van der Waals surface area contributed by atoms with Crippen LogP contribution in [0.25, 0.3) is 22.6 Å². The zero-order chi connectivity index (χ0) is 21.4. The fourth-order valence-corrected chi connectivity index (χ4v) is 3.67. The molecule has 4 heterocycles. The summed E-state index contributed by atoms with van der Waals surface area (Å²) in [5.74, 6) is 0.295. The molecule has 1 atom stereocenters. The first-order valence-electron chi connectivity index (χ1n) is 9.68. The molecule has 1 saturated heterocycles. The number of hydrogen-bond acceptors (Lipinski definition) is 9. The Kier molecular flexibility index (Phi) is 6.41. The van der Waals surface area contributed by atoms with Crippen molar-refractivity contribution in [1.29, 1.82) is 0 Å². The van der Waals surface area contributed by atoms with Crippen molar-refractivity contribution in [2.75, 3.05) is 31.9 Å². The van der Waals surface area contributed by atoms with E-state index in [1.54, 1.807) is 22.9 Å². The van der Waals surface area contributed by atoms with E-state index in [4.69, 9.17) is 16.1 Å². The van der Waals surface area contributed by atoms with E-state index in [1.807, 2.05) is 11.5 Å². The second kappa shape index (κ2) is 8.86. The maximum Gasteiger partial charge on any atom is 0.257 e. The van der Waals surface area contributed by atoms with Gasteiger partial charge in [0.25, 0.3) is 5.91 Å². The number of amides is 2. The smallest absolute Gasteiger partial charge is 0.257 e. The lowest BCUT2D eigenvalue weighted by atomic mass is 10.2. The zero-order valence-corrected chi connectivity index (χ0v) is 18.0. The van der Waals surface area contributed by atoms with Crippen LogP contribution in [-0.4, -0.2) is 78.7 Å². The Morgan fingerprint density at radius 3 is 2.42 bits per heavy atom. The molecule has 0 bridgehead atoms. The number of halogens is 1. The van der Waals surface area contributed by atoms with Gasteiger partial charge in [-0.25, -0.2) is 9.61 Å². The first-order valence-corrected chi connectivity index (χ1v) is 9.68. The maximum atomic E-state index is 13.3. The van der Waals surface area contributed by atoms with Crippen LogP contribution >= 0.6 is 12.4 Å². The largest absolute Gasteiger partial charge is 0.379 e. The number of hydrogen-bond donors (Lipinski definition) is 2. The number of aryl methyl sites for hydroxylation is 1. The third kappa shape index (κ3) is 3.91. The molecule has 3 aromatic heterocycles. The van der Waals surface area contributed by atoms with Gasteiger partial charge in [0.2, 0.25) is 5.91 Å². The Morgan fingerprint density at radius 1 is 1.16 bits per heavy atom. The van der Waals surface area contributed by atoms with Crippen LogP contribution in [0.2, 0.25) is 0 Å². The third-order valence-electron chi connectivity index (χ3n) is 5.19. The predicted molar refractivity (Wildman–Crippen MR) is 114 cm³/mol. The minimum atomic E-state index is -0.555. The van der Waals surface area contributed by atoms with Gasteiger partial charge in [-0.3, -0.25) is 14.6 Å². The Hall–Kier alpha value is -3.25. The van der Waals surface area contributed by atoms with Crippen molar-refractivity contribution in [3.05, 3.63) is 18.0 Å². The topological polar surface area (TPSA) is 162 Å². The molecule has 1 aliphatic heterocycles. The fraction of sp³-hybridized carbons (Fsp3) is 0.444. The standard InChI is InChI=1S/C18H23N9O3.ClH/c1-3-27-14-11(18(29)26-6-4-25(5-7-26)17(28)10(2)19)8-21-9-12(14)22-16(27)13-15(20)24-30-23-13;/h8-10H,3-7,19H2,1-2H3,(H2,20,24);1H/t10-;/m0./s1. The summed E-state index contributed by atoms with van der Waals surface area (Å²) in [6.45, 7) is 5.83. The van der Waals surface area contributed by atoms with E-state index in [9.17, 15) is 9.59 Å². The highest BCUT2D eigenvalue weighted by molar-refractivity contribution is 6.05. The van der Waals surface area contributed by atoms with E-state index in [1.165, 1.54) is 6.20 Å². The molecule has 12 nitrogen and oxygen atoms in total. The van der Waals surface area contributed by atoms with E-state index in [-0.39, 0.29) is 30.0 Å². The number of rotatable bonds is 4. The van der Waals surface area contributed by atoms with E-state index >= 15 is 0 Å². The molecule has 0 spiro atoms. The van der Waals surface area contributed by atoms with Gasteiger partial charge in [-0.2, -0.15) is 0 Å². The van der Waals surface area contributed by atoms with Crippen LogP contribution in [0.4, 0.5) is 5.82 Å². The summed E-state index contributed by atoms with van der Waals surface area (Å²) in [5, 5.41) is 7.45. The number of imidazole rings is 1. The minimum absolute atomic E-state index is 0. The van der Waals surface area contributed by atoms with Gasteiger partial charge in [0.05, 0.1) is 23.3 Å². The number of nitrogens with zero attached hydrogens (tertiary/aromatic N) is 7. The van der Waals surface area contributed by atoms with Crippen molar-refractivity contribution in [2.45, 2.75) is 26.4 Å². The second-order valence-corrected chi connectivity index (χ2v) is 7.14. The summed E-state index contributed by atoms with van der Waals surface area (Å²) in [5.41, 5.74) is 13.5. The minimum Gasteiger partial charge on any atom is -0.379 e. The first-order chi connectivity index (χ1) is 14.4. The summed E-state index contributed by atoms with van der Waals surface area (Å²) < 4.78 is 6.55. The van der Waals surface area contributed by atoms with Gasteiger partial charge < -0.3 is 25.8 Å². The number of carbonyl (C=O) groups is 2. The van der Waals surface area contributed by atoms with Crippen LogP contribution < -0.4 is 11.5 Å². The quantitative estimate of drug-likeness (QED) is 0.563. The van der Waals surface area contributed by atoms with E-state index in [0.29, 0.717) is 60.8 Å². The molecule has 0 aromatic carbocycles. The molecule has 2 amide bonds. The van der Waals surface area contributed by atoms with Gasteiger partial charge in [0.1, 0.15) is 5.52 Å². The van der Waals surface area contributed by atoms with Crippen LogP contribution in [0, 0.1) is 0 Å². The molecule has 0 aliphatic carbocycles. The highest BCUT2D eigenvalue weighted by atomic mass is 35.5. The average Bonchev–Trinajstić information content (AvgIpc) is 3.35. The normalized spacial score (nSPS) is 15.1. The lowest BCUT2D eigenvalue weighted by molar-refractivity contribution is -0.133. The van der Waals surface area contributed by atoms with E-state index in [0.717, 1.165) is 0 Å². The van der Waals surface area contributed by atoms with Gasteiger partial charge >= 0.3 is 0 Å². The Morgan fingerprint density at radius 2 is 1.84 bits per heavy atom. The summed E-state index contributed by atoms with van der Waals surface area (Å²) in [7, 11) is 0. The zero-order valence-electron chi connectivity index (χ0n) is 17.2. The SMILES string of the molecule is CCn1c(-c2nonc2N)nc2cncc(C(=O)N3CCN(C(=O)[C@H](C)N)CC3)c21.Cl. The summed E-state index contributed by atoms with van der Waals surface area (Å²) in [6.07, 6.45) is 3.12. The van der Waals surface area contributed by atoms with Crippen LogP contribution in [0.3, 0.4) is 0 Å². The highest BCUT2D eigenvalue weighted by Gasteiger charge is 2.29. The molecule has 1 fully saturated rings. The Balaban J connectivity index is 0.00000272. The van der Waals surface area contributed by atoms with Crippen LogP contribution in [0.5, 0.6) is 0 Å². The number of pyridine rings is 1. The average molecular weight is 450 g/mol. The van der Waals surface area contributed by atoms with Crippen molar-refractivity contribution < 1.29 is 14.2 Å². The third-order valence-corrected chi connectivity index (χ3v) is 5.19. The highest BCUT2D eigenvalue weighted by Crippen LogP contribution is 2.28. The molecule has 31 heavy (non-hydrogen) atoms. The fourth-order valence-electron chi connectivity index (χ4n) is 3.67. The molecule has 166 valence electrons. The summed E-state index contributed by atoms with van der Waals surface area (Å²) in [6, 6.07) is -0.555. The van der Waals surface area contributed by atoms with Crippen molar-refractivity contribution in [2.24, 2.45) is 5.73 Å². The van der Waals surface area contributed by atoms with E-state index < -0.39 is 6.04 Å². The number of nitrogens with two attached hydrogens (primary N) is 2. The number of nitrogen functional groups attached to an aromatic ring is 1. The van der Waals surface area contributed by atoms with Crippen LogP contribution in [0.1, 0.15) is 24.2 Å². The van der Waals surface area contributed by atoms with Crippen molar-refractivity contribution in [3.63, 3.8) is 0 Å². The first kappa shape index (κ1) is 22.4. The molecule has 1 aliphatic rings. The van der Waals surface area contributed by atoms with Gasteiger partial charge in [0, 0.05) is 38.9 Å². The Bertz CT molecular complexity index is 1100. The van der Waals surface area contributed by atoms with Gasteiger partial charge in [-0.05, 0) is 24.2 Å². The van der Waals surface area contributed by atoms with Gasteiger partial charge in [-0.15, -0.1) is 12.4 Å². The van der Waals surface area contributed by atoms with Crippen molar-refractivity contribution in [1.82, 2.24) is 34.6 Å². The predicted octanol–water partition coefficient (Wildman–Crippen LogP) is 0.137. The van der Waals surface area contributed by atoms with Crippen LogP contribution in [-0.2, 0) is 11.3 Å². The number of anilines is 1. The number of aromatic nitrogens is 5. The lowest BCUT2D eigenvalue weighted by Gasteiger charge is -2.35. The second-order valence-electron chi connectivity index (χ2n) is 7.14. The molecular formula is C18H24ClN9O3. The van der Waals surface area contributed by atoms with Crippen molar-refractivity contribution in [3.8, 4) is 11.5 Å². The van der Waals surface area contributed by atoms with E-state index in [2.05, 4.69) is 20.3 Å². The van der Waals surface area contributed by atoms with Gasteiger partial charge in [0.15, 0.2) is 17.3 Å². The number of carbonyl (C=O) groups excluding carboxylic acids is 2. The molecular weight excluding hydrogens is 426 g/mol. The number of fused-ring (bicyclic) bond motifs is 1. The van der Waals surface area contributed by atoms with Crippen molar-refractivity contribution >= 4 is 41.1 Å². The van der Waals surface area contributed by atoms with Crippen LogP contribution in [0.15, 0.2) is 17.0 Å². The molecule has 4 rings (SSSR count). The number of piperazine rings is 1. The monoisotopic (exact) mass is 449 g/mol. The molecule has 13 heteroatoms. The molecule has 0 radical (unpaired) electrons. The molecule has 4 N–H and O–H groups in total. The maximum absolute atomic E-state index is 13.3. The molecule has 0 saturated carbocycles. The summed E-state index contributed by atoms with van der Waals surface area (Å²) in [4.78, 5) is 37.5. The molecule has 0 unspecified atom stereocenters. The summed E-state index contributed by atoms with van der Waals surface area (Å²) >= 11 is 0.